The number of alkyl halides is 13. The fraction of sp³-hybridized carbons (Fsp3) is 0.833. The van der Waals surface area contributed by atoms with Gasteiger partial charge in [0.05, 0.1) is 19.4 Å². The SMILES string of the molecule is O=C([O-])CCC(=O)OCCC(F)(F)C(F)(F)C(F)(F)C(F)(F)C(F)(F)C(F)(F)F.[K+]. The quantitative estimate of drug-likeness (QED) is 0.243. The van der Waals surface area contributed by atoms with E-state index in [1.807, 2.05) is 0 Å². The zero-order valence-electron chi connectivity index (χ0n) is 14.4. The van der Waals surface area contributed by atoms with Crippen molar-refractivity contribution in [1.82, 2.24) is 0 Å². The van der Waals surface area contributed by atoms with E-state index in [-0.39, 0.29) is 51.4 Å². The molecule has 0 aromatic rings. The molecule has 0 rings (SSSR count). The van der Waals surface area contributed by atoms with E-state index < -0.39 is 73.6 Å². The molecule has 0 heterocycles. The van der Waals surface area contributed by atoms with Gasteiger partial charge in [0.2, 0.25) is 0 Å². The smallest absolute Gasteiger partial charge is 0.550 e. The Kier molecular flexibility index (Phi) is 10.7. The summed E-state index contributed by atoms with van der Waals surface area (Å²) in [6.07, 6.45) is -12.3. The standard InChI is InChI=1S/C12H9F13O4.K/c13-7(14,3-4-29-6(28)2-1-5(26)27)8(15,16)9(17,18)10(19,20)11(21,22)12(23,24)25;/h1-4H2,(H,26,27);/q;+1/p-1. The van der Waals surface area contributed by atoms with Crippen LogP contribution in [0.1, 0.15) is 19.3 Å². The molecule has 0 aliphatic rings. The molecule has 0 amide bonds. The van der Waals surface area contributed by atoms with Gasteiger partial charge in [-0.1, -0.05) is 0 Å². The number of carboxylic acid groups (broad SMARTS) is 1. The summed E-state index contributed by atoms with van der Waals surface area (Å²) in [6.45, 7) is -1.92. The third-order valence-corrected chi connectivity index (χ3v) is 3.21. The molecule has 4 nitrogen and oxygen atoms in total. The third kappa shape index (κ3) is 6.13. The van der Waals surface area contributed by atoms with Crippen molar-refractivity contribution in [2.75, 3.05) is 6.61 Å². The summed E-state index contributed by atoms with van der Waals surface area (Å²) in [4.78, 5) is 20.8. The fourth-order valence-corrected chi connectivity index (χ4v) is 1.53. The molecule has 0 unspecified atom stereocenters. The molecule has 0 aliphatic heterocycles. The fourth-order valence-electron chi connectivity index (χ4n) is 1.53. The normalized spacial score (nSPS) is 14.2. The molecular formula is C12H8F13KO4. The van der Waals surface area contributed by atoms with Gasteiger partial charge in [0.25, 0.3) is 0 Å². The molecule has 0 atom stereocenters. The number of carbonyl (C=O) groups is 2. The first-order valence-electron chi connectivity index (χ1n) is 6.87. The number of carbonyl (C=O) groups excluding carboxylic acids is 2. The monoisotopic (exact) mass is 502 g/mol. The summed E-state index contributed by atoms with van der Waals surface area (Å²) >= 11 is 0. The Bertz CT molecular complexity index is 618. The Hall–Kier alpha value is -0.334. The van der Waals surface area contributed by atoms with Crippen LogP contribution in [0.5, 0.6) is 0 Å². The Morgan fingerprint density at radius 1 is 0.667 bits per heavy atom. The minimum Gasteiger partial charge on any atom is -0.550 e. The number of carboxylic acids is 1. The van der Waals surface area contributed by atoms with Crippen molar-refractivity contribution in [3.8, 4) is 0 Å². The van der Waals surface area contributed by atoms with Crippen LogP contribution < -0.4 is 56.5 Å². The van der Waals surface area contributed by atoms with Crippen molar-refractivity contribution in [2.45, 2.75) is 55.1 Å². The van der Waals surface area contributed by atoms with Gasteiger partial charge in [-0.25, -0.2) is 0 Å². The van der Waals surface area contributed by atoms with Crippen molar-refractivity contribution < 1.29 is 128 Å². The van der Waals surface area contributed by atoms with Crippen LogP contribution in [0.2, 0.25) is 0 Å². The number of hydrogen-bond acceptors (Lipinski definition) is 4. The van der Waals surface area contributed by atoms with E-state index in [9.17, 15) is 71.8 Å². The molecule has 0 saturated heterocycles. The van der Waals surface area contributed by atoms with Gasteiger partial charge in [-0.2, -0.15) is 57.1 Å². The Morgan fingerprint density at radius 3 is 1.43 bits per heavy atom. The van der Waals surface area contributed by atoms with Gasteiger partial charge in [-0.15, -0.1) is 0 Å². The number of rotatable bonds is 10. The summed E-state index contributed by atoms with van der Waals surface area (Å²) in [5.74, 6) is -41.1. The first kappa shape index (κ1) is 31.8. The summed E-state index contributed by atoms with van der Waals surface area (Å²) < 4.78 is 170. The number of aliphatic carboxylic acids is 1. The minimum absolute atomic E-state index is 0. The maximum absolute atomic E-state index is 13.3. The van der Waals surface area contributed by atoms with E-state index in [0.717, 1.165) is 0 Å². The second kappa shape index (κ2) is 10.1. The Balaban J connectivity index is 0. The topological polar surface area (TPSA) is 66.4 Å². The average molecular weight is 502 g/mol. The molecule has 0 N–H and O–H groups in total. The summed E-state index contributed by atoms with van der Waals surface area (Å²) in [7, 11) is 0. The Morgan fingerprint density at radius 2 is 1.07 bits per heavy atom. The van der Waals surface area contributed by atoms with E-state index in [1.54, 1.807) is 0 Å². The van der Waals surface area contributed by atoms with Crippen molar-refractivity contribution in [1.29, 1.82) is 0 Å². The molecule has 0 aromatic heterocycles. The van der Waals surface area contributed by atoms with Crippen LogP contribution in [-0.4, -0.2) is 54.3 Å². The molecule has 0 spiro atoms. The number of ether oxygens (including phenoxy) is 1. The largest absolute Gasteiger partial charge is 1.00 e. The molecule has 0 aromatic carbocycles. The van der Waals surface area contributed by atoms with Gasteiger partial charge in [0.1, 0.15) is 0 Å². The molecule has 172 valence electrons. The summed E-state index contributed by atoms with van der Waals surface area (Å²) in [6, 6.07) is 0. The van der Waals surface area contributed by atoms with E-state index >= 15 is 0 Å². The second-order valence-corrected chi connectivity index (χ2v) is 5.34. The van der Waals surface area contributed by atoms with Gasteiger partial charge in [-0.3, -0.25) is 4.79 Å². The molecule has 0 bridgehead atoms. The van der Waals surface area contributed by atoms with Gasteiger partial charge in [0, 0.05) is 5.97 Å². The van der Waals surface area contributed by atoms with Gasteiger partial charge >= 0.3 is 93.1 Å². The molecule has 30 heavy (non-hydrogen) atoms. The van der Waals surface area contributed by atoms with E-state index in [0.29, 0.717) is 0 Å². The van der Waals surface area contributed by atoms with Crippen LogP contribution in [0.25, 0.3) is 0 Å². The van der Waals surface area contributed by atoms with E-state index in [4.69, 9.17) is 0 Å². The maximum Gasteiger partial charge on any atom is 1.00 e. The third-order valence-electron chi connectivity index (χ3n) is 3.21. The Labute approximate surface area is 200 Å². The van der Waals surface area contributed by atoms with Crippen molar-refractivity contribution in [3.63, 3.8) is 0 Å². The van der Waals surface area contributed by atoms with Crippen molar-refractivity contribution in [3.05, 3.63) is 0 Å². The van der Waals surface area contributed by atoms with Crippen LogP contribution in [-0.2, 0) is 14.3 Å². The zero-order chi connectivity index (χ0) is 23.7. The van der Waals surface area contributed by atoms with Gasteiger partial charge in [-0.05, 0) is 6.42 Å². The van der Waals surface area contributed by atoms with E-state index in [2.05, 4.69) is 4.74 Å². The van der Waals surface area contributed by atoms with Crippen molar-refractivity contribution in [2.24, 2.45) is 0 Å². The van der Waals surface area contributed by atoms with Gasteiger partial charge in [0.15, 0.2) is 0 Å². The molecule has 0 fully saturated rings. The van der Waals surface area contributed by atoms with Crippen LogP contribution in [0.15, 0.2) is 0 Å². The van der Waals surface area contributed by atoms with Crippen LogP contribution in [0.4, 0.5) is 57.1 Å². The first-order chi connectivity index (χ1) is 12.6. The van der Waals surface area contributed by atoms with Crippen LogP contribution in [0, 0.1) is 0 Å². The number of hydrogen-bond donors (Lipinski definition) is 0. The number of halogens is 13. The van der Waals surface area contributed by atoms with E-state index in [1.165, 1.54) is 0 Å². The number of esters is 1. The summed E-state index contributed by atoms with van der Waals surface area (Å²) in [5, 5.41) is 9.99. The van der Waals surface area contributed by atoms with Crippen LogP contribution >= 0.6 is 0 Å². The molecule has 0 saturated carbocycles. The second-order valence-electron chi connectivity index (χ2n) is 5.34. The molecule has 0 radical (unpaired) electrons. The molecule has 0 aliphatic carbocycles. The first-order valence-corrected chi connectivity index (χ1v) is 6.87. The zero-order valence-corrected chi connectivity index (χ0v) is 17.5. The van der Waals surface area contributed by atoms with Crippen molar-refractivity contribution >= 4 is 11.9 Å². The summed E-state index contributed by atoms with van der Waals surface area (Å²) in [5.41, 5.74) is 0. The molecular weight excluding hydrogens is 494 g/mol. The van der Waals surface area contributed by atoms with Crippen LogP contribution in [0.3, 0.4) is 0 Å². The van der Waals surface area contributed by atoms with Gasteiger partial charge < -0.3 is 14.6 Å². The molecule has 18 heteroatoms. The predicted molar refractivity (Wildman–Crippen MR) is 60.6 cm³/mol. The predicted octanol–water partition coefficient (Wildman–Crippen LogP) is 0.193. The average Bonchev–Trinajstić information content (AvgIpc) is 2.50. The minimum atomic E-state index is -8.00. The maximum atomic E-state index is 13.3.